The van der Waals surface area contributed by atoms with Crippen molar-refractivity contribution in [3.05, 3.63) is 78.3 Å². The van der Waals surface area contributed by atoms with E-state index in [1.54, 1.807) is 24.5 Å². The van der Waals surface area contributed by atoms with Crippen LogP contribution >= 0.6 is 0 Å². The SMILES string of the molecule is C[C@H](NC(=O)c1ccc(Oc2ccccc2)o1)c1cccnc1. The summed E-state index contributed by atoms with van der Waals surface area (Å²) in [6.45, 7) is 1.89. The van der Waals surface area contributed by atoms with Crippen LogP contribution in [0.15, 0.2) is 71.4 Å². The third kappa shape index (κ3) is 3.77. The number of para-hydroxylation sites is 1. The second kappa shape index (κ2) is 6.79. The van der Waals surface area contributed by atoms with Crippen molar-refractivity contribution in [3.63, 3.8) is 0 Å². The number of pyridine rings is 1. The van der Waals surface area contributed by atoms with E-state index in [0.29, 0.717) is 5.75 Å². The van der Waals surface area contributed by atoms with E-state index in [1.807, 2.05) is 49.4 Å². The Hall–Kier alpha value is -3.08. The molecule has 0 radical (unpaired) electrons. The van der Waals surface area contributed by atoms with E-state index in [1.165, 1.54) is 0 Å². The van der Waals surface area contributed by atoms with Gasteiger partial charge < -0.3 is 14.5 Å². The van der Waals surface area contributed by atoms with Crippen molar-refractivity contribution in [2.24, 2.45) is 0 Å². The molecule has 1 aromatic carbocycles. The third-order valence-corrected chi connectivity index (χ3v) is 3.30. The second-order valence-corrected chi connectivity index (χ2v) is 5.02. The first-order valence-corrected chi connectivity index (χ1v) is 7.26. The predicted octanol–water partition coefficient (Wildman–Crippen LogP) is 3.96. The number of ether oxygens (including phenoxy) is 1. The molecule has 3 rings (SSSR count). The van der Waals surface area contributed by atoms with Crippen LogP contribution in [0.25, 0.3) is 0 Å². The number of nitrogens with zero attached hydrogens (tertiary/aromatic N) is 1. The van der Waals surface area contributed by atoms with Gasteiger partial charge in [-0.1, -0.05) is 24.3 Å². The Bertz CT molecular complexity index is 769. The fourth-order valence-electron chi connectivity index (χ4n) is 2.08. The zero-order valence-electron chi connectivity index (χ0n) is 12.6. The Morgan fingerprint density at radius 3 is 2.70 bits per heavy atom. The predicted molar refractivity (Wildman–Crippen MR) is 85.3 cm³/mol. The van der Waals surface area contributed by atoms with Crippen LogP contribution < -0.4 is 10.1 Å². The molecule has 1 amide bonds. The van der Waals surface area contributed by atoms with Gasteiger partial charge in [0.05, 0.1) is 6.04 Å². The fraction of sp³-hybridized carbons (Fsp3) is 0.111. The Morgan fingerprint density at radius 1 is 1.13 bits per heavy atom. The van der Waals surface area contributed by atoms with Crippen molar-refractivity contribution in [2.45, 2.75) is 13.0 Å². The number of hydrogen-bond donors (Lipinski definition) is 1. The van der Waals surface area contributed by atoms with E-state index in [-0.39, 0.29) is 23.7 Å². The number of benzene rings is 1. The molecule has 116 valence electrons. The van der Waals surface area contributed by atoms with Gasteiger partial charge in [-0.2, -0.15) is 0 Å². The van der Waals surface area contributed by atoms with Gasteiger partial charge in [-0.25, -0.2) is 0 Å². The first-order chi connectivity index (χ1) is 11.2. The number of carbonyl (C=O) groups is 1. The maximum atomic E-state index is 12.2. The van der Waals surface area contributed by atoms with E-state index < -0.39 is 0 Å². The molecule has 0 aliphatic carbocycles. The van der Waals surface area contributed by atoms with E-state index in [9.17, 15) is 4.79 Å². The van der Waals surface area contributed by atoms with Gasteiger partial charge in [-0.05, 0) is 36.8 Å². The maximum absolute atomic E-state index is 12.2. The van der Waals surface area contributed by atoms with Crippen LogP contribution in [0.4, 0.5) is 0 Å². The normalized spacial score (nSPS) is 11.7. The molecule has 0 bridgehead atoms. The zero-order valence-corrected chi connectivity index (χ0v) is 12.6. The number of amides is 1. The molecule has 0 unspecified atom stereocenters. The lowest BCUT2D eigenvalue weighted by molar-refractivity contribution is 0.0907. The third-order valence-electron chi connectivity index (χ3n) is 3.30. The number of furan rings is 1. The molecule has 2 aromatic heterocycles. The molecule has 5 nitrogen and oxygen atoms in total. The molecule has 0 aliphatic rings. The van der Waals surface area contributed by atoms with Crippen molar-refractivity contribution in [3.8, 4) is 11.7 Å². The highest BCUT2D eigenvalue weighted by Gasteiger charge is 2.15. The fourth-order valence-corrected chi connectivity index (χ4v) is 2.08. The molecule has 0 spiro atoms. The van der Waals surface area contributed by atoms with E-state index in [2.05, 4.69) is 10.3 Å². The highest BCUT2D eigenvalue weighted by Crippen LogP contribution is 2.23. The second-order valence-electron chi connectivity index (χ2n) is 5.02. The lowest BCUT2D eigenvalue weighted by atomic mass is 10.1. The molecule has 0 aliphatic heterocycles. The van der Waals surface area contributed by atoms with E-state index in [4.69, 9.17) is 9.15 Å². The van der Waals surface area contributed by atoms with Crippen molar-refractivity contribution < 1.29 is 13.9 Å². The molecule has 2 heterocycles. The summed E-state index contributed by atoms with van der Waals surface area (Å²) in [6.07, 6.45) is 3.41. The Labute approximate surface area is 133 Å². The standard InChI is InChI=1S/C18H16N2O3/c1-13(14-6-5-11-19-12-14)20-18(21)16-9-10-17(23-16)22-15-7-3-2-4-8-15/h2-13H,1H3,(H,20,21)/t13-/m0/s1. The van der Waals surface area contributed by atoms with Gasteiger partial charge in [0.25, 0.3) is 11.9 Å². The first-order valence-electron chi connectivity index (χ1n) is 7.26. The van der Waals surface area contributed by atoms with Crippen molar-refractivity contribution >= 4 is 5.91 Å². The quantitative estimate of drug-likeness (QED) is 0.775. The topological polar surface area (TPSA) is 64.4 Å². The Morgan fingerprint density at radius 2 is 1.96 bits per heavy atom. The minimum Gasteiger partial charge on any atom is -0.426 e. The van der Waals surface area contributed by atoms with Gasteiger partial charge in [0.1, 0.15) is 5.75 Å². The average Bonchev–Trinajstić information content (AvgIpc) is 3.05. The van der Waals surface area contributed by atoms with Crippen LogP contribution in [0.5, 0.6) is 11.7 Å². The van der Waals surface area contributed by atoms with Gasteiger partial charge in [-0.3, -0.25) is 9.78 Å². The van der Waals surface area contributed by atoms with Gasteiger partial charge in [0.15, 0.2) is 5.76 Å². The summed E-state index contributed by atoms with van der Waals surface area (Å²) in [4.78, 5) is 16.3. The average molecular weight is 308 g/mol. The lowest BCUT2D eigenvalue weighted by Gasteiger charge is -2.12. The summed E-state index contributed by atoms with van der Waals surface area (Å²) in [7, 11) is 0. The van der Waals surface area contributed by atoms with Gasteiger partial charge in [-0.15, -0.1) is 0 Å². The molecule has 23 heavy (non-hydrogen) atoms. The van der Waals surface area contributed by atoms with Crippen molar-refractivity contribution in [2.75, 3.05) is 0 Å². The molecule has 0 saturated carbocycles. The number of hydrogen-bond acceptors (Lipinski definition) is 4. The highest BCUT2D eigenvalue weighted by molar-refractivity contribution is 5.91. The minimum atomic E-state index is -0.302. The van der Waals surface area contributed by atoms with Gasteiger partial charge in [0.2, 0.25) is 0 Å². The Kier molecular flexibility index (Phi) is 4.38. The van der Waals surface area contributed by atoms with E-state index in [0.717, 1.165) is 5.56 Å². The number of carbonyl (C=O) groups excluding carboxylic acids is 1. The Balaban J connectivity index is 1.64. The monoisotopic (exact) mass is 308 g/mol. The number of nitrogens with one attached hydrogen (secondary N) is 1. The first kappa shape index (κ1) is 14.8. The maximum Gasteiger partial charge on any atom is 0.290 e. The summed E-state index contributed by atoms with van der Waals surface area (Å²) in [5, 5.41) is 2.86. The molecule has 0 fully saturated rings. The minimum absolute atomic E-state index is 0.167. The lowest BCUT2D eigenvalue weighted by Crippen LogP contribution is -2.26. The molecule has 1 atom stereocenters. The molecule has 1 N–H and O–H groups in total. The van der Waals surface area contributed by atoms with Crippen LogP contribution in [0, 0.1) is 0 Å². The largest absolute Gasteiger partial charge is 0.426 e. The van der Waals surface area contributed by atoms with Gasteiger partial charge >= 0.3 is 0 Å². The van der Waals surface area contributed by atoms with Crippen molar-refractivity contribution in [1.82, 2.24) is 10.3 Å². The van der Waals surface area contributed by atoms with Gasteiger partial charge in [0, 0.05) is 18.5 Å². The summed E-state index contributed by atoms with van der Waals surface area (Å²) in [6, 6.07) is 16.0. The van der Waals surface area contributed by atoms with Crippen molar-refractivity contribution in [1.29, 1.82) is 0 Å². The van der Waals surface area contributed by atoms with Crippen LogP contribution in [0.2, 0.25) is 0 Å². The van der Waals surface area contributed by atoms with Crippen LogP contribution in [-0.4, -0.2) is 10.9 Å². The van der Waals surface area contributed by atoms with Crippen LogP contribution in [0.3, 0.4) is 0 Å². The van der Waals surface area contributed by atoms with Crippen LogP contribution in [0.1, 0.15) is 29.1 Å². The smallest absolute Gasteiger partial charge is 0.290 e. The number of rotatable bonds is 5. The summed E-state index contributed by atoms with van der Waals surface area (Å²) in [5.74, 6) is 0.823. The summed E-state index contributed by atoms with van der Waals surface area (Å²) < 4.78 is 11.0. The molecule has 3 aromatic rings. The van der Waals surface area contributed by atoms with E-state index >= 15 is 0 Å². The highest BCUT2D eigenvalue weighted by atomic mass is 16.6. The zero-order chi connectivity index (χ0) is 16.1. The number of aromatic nitrogens is 1. The van der Waals surface area contributed by atoms with Crippen LogP contribution in [-0.2, 0) is 0 Å². The summed E-state index contributed by atoms with van der Waals surface area (Å²) in [5.41, 5.74) is 0.924. The molecule has 5 heteroatoms. The molecular weight excluding hydrogens is 292 g/mol. The molecule has 0 saturated heterocycles. The molecular formula is C18H16N2O3. The summed E-state index contributed by atoms with van der Waals surface area (Å²) >= 11 is 0.